The Balaban J connectivity index is 1.71. The van der Waals surface area contributed by atoms with Crippen LogP contribution in [-0.4, -0.2) is 71.3 Å². The number of halogens is 1. The highest BCUT2D eigenvalue weighted by Gasteiger charge is 2.51. The van der Waals surface area contributed by atoms with Gasteiger partial charge in [-0.15, -0.1) is 0 Å². The van der Waals surface area contributed by atoms with Crippen molar-refractivity contribution in [2.45, 2.75) is 53.1 Å². The molecule has 7 nitrogen and oxygen atoms in total. The molecule has 0 unspecified atom stereocenters. The normalized spacial score (nSPS) is 19.7. The van der Waals surface area contributed by atoms with E-state index in [0.717, 1.165) is 18.4 Å². The average molecular weight is 433 g/mol. The highest BCUT2D eigenvalue weighted by Crippen LogP contribution is 2.40. The van der Waals surface area contributed by atoms with Gasteiger partial charge in [-0.05, 0) is 31.4 Å². The van der Waals surface area contributed by atoms with E-state index in [1.807, 2.05) is 19.9 Å². The molecule has 2 heterocycles. The SMILES string of the molecule is CCc1ccc(CNC(=O)N2C[C@H](N(CC)C(C)=O)CC3(CN(C(C)=O)C3)C2)c(F)c1. The number of aryl methyl sites for hydroxylation is 1. The van der Waals surface area contributed by atoms with Crippen LogP contribution in [0.4, 0.5) is 9.18 Å². The molecule has 2 aliphatic rings. The summed E-state index contributed by atoms with van der Waals surface area (Å²) in [4.78, 5) is 42.1. The monoisotopic (exact) mass is 432 g/mol. The molecule has 1 N–H and O–H groups in total. The van der Waals surface area contributed by atoms with Crippen LogP contribution in [0.5, 0.6) is 0 Å². The van der Waals surface area contributed by atoms with Crippen molar-refractivity contribution in [3.05, 3.63) is 35.1 Å². The van der Waals surface area contributed by atoms with Crippen LogP contribution in [0, 0.1) is 11.2 Å². The van der Waals surface area contributed by atoms with Crippen LogP contribution in [0.1, 0.15) is 45.2 Å². The fourth-order valence-corrected chi connectivity index (χ4v) is 4.91. The molecule has 3 rings (SSSR count). The fourth-order valence-electron chi connectivity index (χ4n) is 4.91. The number of nitrogens with one attached hydrogen (secondary N) is 1. The van der Waals surface area contributed by atoms with E-state index in [1.54, 1.807) is 34.6 Å². The first-order chi connectivity index (χ1) is 14.7. The minimum Gasteiger partial charge on any atom is -0.342 e. The summed E-state index contributed by atoms with van der Waals surface area (Å²) < 4.78 is 14.3. The first-order valence-electron chi connectivity index (χ1n) is 11.0. The molecule has 1 spiro atoms. The van der Waals surface area contributed by atoms with Gasteiger partial charge in [0.1, 0.15) is 5.82 Å². The molecule has 4 amide bonds. The van der Waals surface area contributed by atoms with Crippen molar-refractivity contribution >= 4 is 17.8 Å². The number of likely N-dealkylation sites (tertiary alicyclic amines) is 2. The van der Waals surface area contributed by atoms with Crippen LogP contribution in [0.15, 0.2) is 18.2 Å². The molecule has 1 aromatic carbocycles. The summed E-state index contributed by atoms with van der Waals surface area (Å²) in [5.74, 6) is -0.322. The second-order valence-corrected chi connectivity index (χ2v) is 8.86. The van der Waals surface area contributed by atoms with Crippen molar-refractivity contribution in [1.82, 2.24) is 20.0 Å². The van der Waals surface area contributed by atoms with Gasteiger partial charge in [0.25, 0.3) is 0 Å². The Morgan fingerprint density at radius 1 is 1.16 bits per heavy atom. The molecule has 0 bridgehead atoms. The van der Waals surface area contributed by atoms with Gasteiger partial charge in [0.05, 0.1) is 6.04 Å². The van der Waals surface area contributed by atoms with Crippen molar-refractivity contribution < 1.29 is 18.8 Å². The summed E-state index contributed by atoms with van der Waals surface area (Å²) in [6.07, 6.45) is 1.52. The van der Waals surface area contributed by atoms with Gasteiger partial charge in [-0.3, -0.25) is 9.59 Å². The van der Waals surface area contributed by atoms with Gasteiger partial charge in [0.15, 0.2) is 0 Å². The Morgan fingerprint density at radius 3 is 2.39 bits per heavy atom. The predicted molar refractivity (Wildman–Crippen MR) is 116 cm³/mol. The van der Waals surface area contributed by atoms with E-state index in [4.69, 9.17) is 0 Å². The Labute approximate surface area is 183 Å². The Hall–Kier alpha value is -2.64. The van der Waals surface area contributed by atoms with E-state index in [2.05, 4.69) is 5.32 Å². The second-order valence-electron chi connectivity index (χ2n) is 8.86. The molecule has 8 heteroatoms. The molecule has 1 atom stereocenters. The second kappa shape index (κ2) is 9.24. The molecule has 0 saturated carbocycles. The molecule has 2 saturated heterocycles. The fraction of sp³-hybridized carbons (Fsp3) is 0.609. The topological polar surface area (TPSA) is 73.0 Å². The number of urea groups is 1. The Kier molecular flexibility index (Phi) is 6.86. The number of nitrogens with zero attached hydrogens (tertiary/aromatic N) is 3. The van der Waals surface area contributed by atoms with E-state index in [-0.39, 0.29) is 41.7 Å². The molecule has 0 radical (unpaired) electrons. The quantitative estimate of drug-likeness (QED) is 0.777. The Morgan fingerprint density at radius 2 is 1.84 bits per heavy atom. The molecular weight excluding hydrogens is 399 g/mol. The average Bonchev–Trinajstić information content (AvgIpc) is 2.70. The van der Waals surface area contributed by atoms with Crippen LogP contribution in [0.3, 0.4) is 0 Å². The van der Waals surface area contributed by atoms with E-state index in [1.165, 1.54) is 6.07 Å². The molecule has 2 fully saturated rings. The minimum absolute atomic E-state index is 0.0219. The first-order valence-corrected chi connectivity index (χ1v) is 11.0. The minimum atomic E-state index is -0.322. The molecule has 170 valence electrons. The van der Waals surface area contributed by atoms with Crippen LogP contribution < -0.4 is 5.32 Å². The molecular formula is C23H33FN4O3. The zero-order chi connectivity index (χ0) is 22.8. The van der Waals surface area contributed by atoms with Crippen molar-refractivity contribution in [2.24, 2.45) is 5.41 Å². The van der Waals surface area contributed by atoms with Gasteiger partial charge in [0, 0.05) is 64.1 Å². The number of piperidine rings is 1. The number of carbonyl (C=O) groups is 3. The number of rotatable bonds is 5. The van der Waals surface area contributed by atoms with Gasteiger partial charge in [0.2, 0.25) is 11.8 Å². The number of likely N-dealkylation sites (N-methyl/N-ethyl adjacent to an activating group) is 1. The lowest BCUT2D eigenvalue weighted by Crippen LogP contribution is -2.69. The molecule has 0 aliphatic carbocycles. The van der Waals surface area contributed by atoms with E-state index in [9.17, 15) is 18.8 Å². The Bertz CT molecular complexity index is 853. The van der Waals surface area contributed by atoms with Crippen molar-refractivity contribution in [2.75, 3.05) is 32.7 Å². The number of carbonyl (C=O) groups excluding carboxylic acids is 3. The lowest BCUT2D eigenvalue weighted by molar-refractivity contribution is -0.149. The smallest absolute Gasteiger partial charge is 0.317 e. The molecule has 1 aromatic rings. The van der Waals surface area contributed by atoms with Crippen LogP contribution >= 0.6 is 0 Å². The van der Waals surface area contributed by atoms with E-state index in [0.29, 0.717) is 38.3 Å². The highest BCUT2D eigenvalue weighted by atomic mass is 19.1. The van der Waals surface area contributed by atoms with Crippen LogP contribution in [0.25, 0.3) is 0 Å². The molecule has 31 heavy (non-hydrogen) atoms. The summed E-state index contributed by atoms with van der Waals surface area (Å²) in [6, 6.07) is 4.71. The van der Waals surface area contributed by atoms with Crippen molar-refractivity contribution in [3.8, 4) is 0 Å². The van der Waals surface area contributed by atoms with Crippen molar-refractivity contribution in [3.63, 3.8) is 0 Å². The largest absolute Gasteiger partial charge is 0.342 e. The van der Waals surface area contributed by atoms with E-state index < -0.39 is 0 Å². The van der Waals surface area contributed by atoms with Gasteiger partial charge in [-0.1, -0.05) is 19.1 Å². The van der Waals surface area contributed by atoms with E-state index >= 15 is 0 Å². The van der Waals surface area contributed by atoms with Gasteiger partial charge >= 0.3 is 6.03 Å². The van der Waals surface area contributed by atoms with Gasteiger partial charge in [-0.25, -0.2) is 9.18 Å². The number of hydrogen-bond donors (Lipinski definition) is 1. The standard InChI is InChI=1S/C23H33FN4O3/c1-5-18-7-8-19(21(24)9-18)11-25-22(31)26-12-20(28(6-2)17(4)30)10-23(13-26)14-27(15-23)16(3)29/h7-9,20H,5-6,10-15H2,1-4H3,(H,25,31)/t20-/m1/s1. The zero-order valence-corrected chi connectivity index (χ0v) is 18.9. The summed E-state index contributed by atoms with van der Waals surface area (Å²) in [6.45, 7) is 9.78. The van der Waals surface area contributed by atoms with Crippen LogP contribution in [0.2, 0.25) is 0 Å². The summed E-state index contributed by atoms with van der Waals surface area (Å²) in [5, 5.41) is 2.84. The van der Waals surface area contributed by atoms with Gasteiger partial charge < -0.3 is 20.0 Å². The maximum atomic E-state index is 14.3. The maximum Gasteiger partial charge on any atom is 0.317 e. The number of benzene rings is 1. The summed E-state index contributed by atoms with van der Waals surface area (Å²) in [7, 11) is 0. The summed E-state index contributed by atoms with van der Waals surface area (Å²) in [5.41, 5.74) is 1.15. The third-order valence-electron chi connectivity index (χ3n) is 6.55. The number of hydrogen-bond acceptors (Lipinski definition) is 3. The summed E-state index contributed by atoms with van der Waals surface area (Å²) >= 11 is 0. The van der Waals surface area contributed by atoms with Crippen LogP contribution in [-0.2, 0) is 22.6 Å². The first kappa shape index (κ1) is 23.0. The highest BCUT2D eigenvalue weighted by molar-refractivity contribution is 5.77. The lowest BCUT2D eigenvalue weighted by atomic mass is 9.71. The van der Waals surface area contributed by atoms with Crippen molar-refractivity contribution in [1.29, 1.82) is 0 Å². The predicted octanol–water partition coefficient (Wildman–Crippen LogP) is 2.39. The third kappa shape index (κ3) is 4.99. The van der Waals surface area contributed by atoms with Gasteiger partial charge in [-0.2, -0.15) is 0 Å². The zero-order valence-electron chi connectivity index (χ0n) is 18.9. The number of amides is 4. The maximum absolute atomic E-state index is 14.3. The molecule has 2 aliphatic heterocycles. The lowest BCUT2D eigenvalue weighted by Gasteiger charge is -2.57. The molecule has 0 aromatic heterocycles. The third-order valence-corrected chi connectivity index (χ3v) is 6.55.